The number of carbonyl (C=O) groups excluding carboxylic acids is 1. The molecule has 0 saturated carbocycles. The summed E-state index contributed by atoms with van der Waals surface area (Å²) in [6.07, 6.45) is 2.97. The van der Waals surface area contributed by atoms with Crippen molar-refractivity contribution in [2.45, 2.75) is 25.8 Å². The van der Waals surface area contributed by atoms with E-state index in [2.05, 4.69) is 20.6 Å². The van der Waals surface area contributed by atoms with Crippen molar-refractivity contribution in [1.29, 1.82) is 0 Å². The number of halogens is 2. The Hall–Kier alpha value is -3.36. The van der Waals surface area contributed by atoms with E-state index in [9.17, 15) is 4.79 Å². The summed E-state index contributed by atoms with van der Waals surface area (Å²) in [4.78, 5) is 16.8. The molecule has 10 heteroatoms. The van der Waals surface area contributed by atoms with Gasteiger partial charge in [0.15, 0.2) is 0 Å². The van der Waals surface area contributed by atoms with Crippen LogP contribution >= 0.6 is 23.2 Å². The number of benzene rings is 2. The highest BCUT2D eigenvalue weighted by atomic mass is 35.5. The molecule has 4 rings (SSSR count). The zero-order valence-electron chi connectivity index (χ0n) is 17.8. The van der Waals surface area contributed by atoms with Gasteiger partial charge in [0.05, 0.1) is 29.9 Å². The molecular formula is C23H21Cl2N5O3. The summed E-state index contributed by atoms with van der Waals surface area (Å²) >= 11 is 12.3. The van der Waals surface area contributed by atoms with Crippen LogP contribution in [0.3, 0.4) is 0 Å². The normalized spacial score (nSPS) is 10.9. The molecule has 8 nitrogen and oxygen atoms in total. The molecular weight excluding hydrogens is 465 g/mol. The number of nitrogens with zero attached hydrogens (tertiary/aromatic N) is 4. The number of hydrogen-bond acceptors (Lipinski definition) is 6. The van der Waals surface area contributed by atoms with Gasteiger partial charge >= 0.3 is 0 Å². The van der Waals surface area contributed by atoms with Gasteiger partial charge in [0, 0.05) is 24.5 Å². The van der Waals surface area contributed by atoms with Crippen LogP contribution in [-0.2, 0) is 17.8 Å². The zero-order chi connectivity index (χ0) is 23.2. The van der Waals surface area contributed by atoms with Gasteiger partial charge in [0.1, 0.15) is 11.6 Å². The Morgan fingerprint density at radius 2 is 1.97 bits per heavy atom. The molecule has 2 aromatic carbocycles. The summed E-state index contributed by atoms with van der Waals surface area (Å²) < 4.78 is 12.1. The number of aromatic nitrogens is 4. The average Bonchev–Trinajstić information content (AvgIpc) is 3.47. The van der Waals surface area contributed by atoms with E-state index in [0.29, 0.717) is 53.4 Å². The van der Waals surface area contributed by atoms with Crippen molar-refractivity contribution in [2.24, 2.45) is 0 Å². The first-order valence-corrected chi connectivity index (χ1v) is 11.0. The smallest absolute Gasteiger partial charge is 0.226 e. The molecule has 0 aliphatic heterocycles. The molecule has 0 atom stereocenters. The van der Waals surface area contributed by atoms with E-state index in [0.717, 1.165) is 16.9 Å². The second-order valence-electron chi connectivity index (χ2n) is 7.23. The van der Waals surface area contributed by atoms with Crippen molar-refractivity contribution in [3.8, 4) is 17.1 Å². The van der Waals surface area contributed by atoms with Crippen LogP contribution in [0.25, 0.3) is 11.4 Å². The highest BCUT2D eigenvalue weighted by Gasteiger charge is 2.13. The molecule has 0 aliphatic carbocycles. The minimum atomic E-state index is -0.135. The van der Waals surface area contributed by atoms with Crippen LogP contribution in [0.2, 0.25) is 10.0 Å². The summed E-state index contributed by atoms with van der Waals surface area (Å²) in [5, 5.41) is 12.1. The fourth-order valence-corrected chi connectivity index (χ4v) is 3.60. The minimum Gasteiger partial charge on any atom is -0.497 e. The quantitative estimate of drug-likeness (QED) is 0.347. The number of anilines is 1. The van der Waals surface area contributed by atoms with E-state index < -0.39 is 0 Å². The van der Waals surface area contributed by atoms with Crippen LogP contribution < -0.4 is 10.1 Å². The van der Waals surface area contributed by atoms with E-state index >= 15 is 0 Å². The maximum atomic E-state index is 12.4. The summed E-state index contributed by atoms with van der Waals surface area (Å²) in [7, 11) is 1.61. The Bertz CT molecular complexity index is 1240. The fraction of sp³-hybridized carbons (Fsp3) is 0.217. The number of amides is 1. The summed E-state index contributed by atoms with van der Waals surface area (Å²) in [6.45, 7) is 0.387. The molecule has 170 valence electrons. The number of methoxy groups -OCH3 is 1. The Morgan fingerprint density at radius 3 is 2.76 bits per heavy atom. The molecule has 4 aromatic rings. The summed E-state index contributed by atoms with van der Waals surface area (Å²) in [5.41, 5.74) is 1.64. The molecule has 1 amide bonds. The van der Waals surface area contributed by atoms with Crippen LogP contribution in [0, 0.1) is 0 Å². The predicted octanol–water partition coefficient (Wildman–Crippen LogP) is 5.26. The molecule has 0 fully saturated rings. The lowest BCUT2D eigenvalue weighted by Crippen LogP contribution is -2.16. The summed E-state index contributed by atoms with van der Waals surface area (Å²) in [6, 6.07) is 14.5. The predicted molar refractivity (Wildman–Crippen MR) is 126 cm³/mol. The van der Waals surface area contributed by atoms with Crippen molar-refractivity contribution >= 4 is 34.9 Å². The van der Waals surface area contributed by atoms with E-state index in [1.807, 2.05) is 36.4 Å². The Balaban J connectivity index is 1.29. The third kappa shape index (κ3) is 5.71. The number of rotatable bonds is 9. The molecule has 0 radical (unpaired) electrons. The van der Waals surface area contributed by atoms with E-state index in [4.69, 9.17) is 32.5 Å². The Labute approximate surface area is 200 Å². The molecule has 0 spiro atoms. The Kier molecular flexibility index (Phi) is 7.26. The zero-order valence-corrected chi connectivity index (χ0v) is 19.3. The number of carbonyl (C=O) groups is 1. The summed E-state index contributed by atoms with van der Waals surface area (Å²) in [5.74, 6) is 2.18. The van der Waals surface area contributed by atoms with Gasteiger partial charge in [-0.25, -0.2) is 4.68 Å². The van der Waals surface area contributed by atoms with Gasteiger partial charge < -0.3 is 14.6 Å². The number of nitrogens with one attached hydrogen (secondary N) is 1. The van der Waals surface area contributed by atoms with Gasteiger partial charge in [-0.05, 0) is 42.3 Å². The second-order valence-corrected chi connectivity index (χ2v) is 8.01. The standard InChI is InChI=1S/C23H21Cl2N5O3/c1-32-17-10-8-15(9-11-17)23-28-21(33-29-23)7-3-6-20(31)27-19-12-13-26-30(19)14-16-4-2-5-18(24)22(16)25/h2,4-5,8-13H,3,6-7,14H2,1H3,(H,27,31). The van der Waals surface area contributed by atoms with Crippen LogP contribution in [0.15, 0.2) is 59.3 Å². The first-order valence-electron chi connectivity index (χ1n) is 10.2. The van der Waals surface area contributed by atoms with E-state index in [1.165, 1.54) is 0 Å². The van der Waals surface area contributed by atoms with E-state index in [1.54, 1.807) is 30.1 Å². The van der Waals surface area contributed by atoms with Crippen LogP contribution in [0.1, 0.15) is 24.3 Å². The SMILES string of the molecule is COc1ccc(-c2noc(CCCC(=O)Nc3ccnn3Cc3cccc(Cl)c3Cl)n2)cc1. The molecule has 2 aromatic heterocycles. The fourth-order valence-electron chi connectivity index (χ4n) is 3.22. The van der Waals surface area contributed by atoms with Gasteiger partial charge in [0.2, 0.25) is 17.6 Å². The van der Waals surface area contributed by atoms with Crippen molar-refractivity contribution in [1.82, 2.24) is 19.9 Å². The van der Waals surface area contributed by atoms with E-state index in [-0.39, 0.29) is 5.91 Å². The lowest BCUT2D eigenvalue weighted by atomic mass is 10.2. The van der Waals surface area contributed by atoms with Gasteiger partial charge in [-0.1, -0.05) is 40.5 Å². The largest absolute Gasteiger partial charge is 0.497 e. The molecule has 0 bridgehead atoms. The molecule has 0 unspecified atom stereocenters. The van der Waals surface area contributed by atoms with Gasteiger partial charge in [-0.15, -0.1) is 0 Å². The van der Waals surface area contributed by atoms with Crippen molar-refractivity contribution < 1.29 is 14.1 Å². The van der Waals surface area contributed by atoms with Gasteiger partial charge in [-0.2, -0.15) is 10.1 Å². The van der Waals surface area contributed by atoms with Crippen molar-refractivity contribution in [2.75, 3.05) is 12.4 Å². The third-order valence-electron chi connectivity index (χ3n) is 4.95. The maximum Gasteiger partial charge on any atom is 0.226 e. The lowest BCUT2D eigenvalue weighted by molar-refractivity contribution is -0.116. The third-order valence-corrected chi connectivity index (χ3v) is 5.80. The lowest BCUT2D eigenvalue weighted by Gasteiger charge is -2.10. The second kappa shape index (κ2) is 10.5. The molecule has 0 aliphatic rings. The topological polar surface area (TPSA) is 95.1 Å². The van der Waals surface area contributed by atoms with Crippen LogP contribution in [0.4, 0.5) is 5.82 Å². The van der Waals surface area contributed by atoms with Crippen LogP contribution in [-0.4, -0.2) is 32.9 Å². The first kappa shape index (κ1) is 22.8. The van der Waals surface area contributed by atoms with Crippen molar-refractivity contribution in [3.63, 3.8) is 0 Å². The van der Waals surface area contributed by atoms with Crippen LogP contribution in [0.5, 0.6) is 5.75 Å². The molecule has 0 saturated heterocycles. The average molecular weight is 486 g/mol. The number of ether oxygens (including phenoxy) is 1. The highest BCUT2D eigenvalue weighted by Crippen LogP contribution is 2.27. The monoisotopic (exact) mass is 485 g/mol. The van der Waals surface area contributed by atoms with Gasteiger partial charge in [0.25, 0.3) is 0 Å². The minimum absolute atomic E-state index is 0.135. The Morgan fingerprint density at radius 1 is 1.15 bits per heavy atom. The molecule has 2 heterocycles. The first-order chi connectivity index (χ1) is 16.0. The number of aryl methyl sites for hydroxylation is 1. The number of hydrogen-bond donors (Lipinski definition) is 1. The molecule has 1 N–H and O–H groups in total. The van der Waals surface area contributed by atoms with Gasteiger partial charge in [-0.3, -0.25) is 4.79 Å². The maximum absolute atomic E-state index is 12.4. The highest BCUT2D eigenvalue weighted by molar-refractivity contribution is 6.42. The van der Waals surface area contributed by atoms with Crippen molar-refractivity contribution in [3.05, 3.63) is 76.2 Å². The molecule has 33 heavy (non-hydrogen) atoms.